The van der Waals surface area contributed by atoms with Gasteiger partial charge in [0, 0.05) is 23.7 Å². The first-order chi connectivity index (χ1) is 13.0. The van der Waals surface area contributed by atoms with E-state index in [0.717, 1.165) is 18.4 Å². The van der Waals surface area contributed by atoms with E-state index in [4.69, 9.17) is 0 Å². The standard InChI is InChI=1S/C20H21N3O4/c1-14-9-10-16(12-18(14)23(26)27)20(25)21-13-19(24)22-11-5-8-17(22)15-6-3-2-4-7-15/h2-4,6-7,9-10,12,17H,5,8,11,13H2,1H3,(H,21,25). The fourth-order valence-electron chi connectivity index (χ4n) is 3.39. The number of carbonyl (C=O) groups excluding carboxylic acids is 2. The molecule has 2 aromatic rings. The van der Waals surface area contributed by atoms with Crippen molar-refractivity contribution in [2.45, 2.75) is 25.8 Å². The third kappa shape index (κ3) is 4.13. The van der Waals surface area contributed by atoms with Gasteiger partial charge in [-0.15, -0.1) is 0 Å². The summed E-state index contributed by atoms with van der Waals surface area (Å²) in [6.45, 7) is 2.13. The predicted molar refractivity (Wildman–Crippen MR) is 100 cm³/mol. The number of amides is 2. The number of nitro groups is 1. The van der Waals surface area contributed by atoms with Gasteiger partial charge in [0.2, 0.25) is 5.91 Å². The number of nitrogens with one attached hydrogen (secondary N) is 1. The Labute approximate surface area is 157 Å². The van der Waals surface area contributed by atoms with Crippen LogP contribution in [-0.4, -0.2) is 34.7 Å². The van der Waals surface area contributed by atoms with Gasteiger partial charge in [0.1, 0.15) is 0 Å². The first-order valence-electron chi connectivity index (χ1n) is 8.85. The Hall–Kier alpha value is -3.22. The summed E-state index contributed by atoms with van der Waals surface area (Å²) >= 11 is 0. The number of nitro benzene ring substituents is 1. The van der Waals surface area contributed by atoms with Crippen molar-refractivity contribution < 1.29 is 14.5 Å². The molecule has 1 N–H and O–H groups in total. The van der Waals surface area contributed by atoms with Crippen molar-refractivity contribution in [1.82, 2.24) is 10.2 Å². The molecule has 0 saturated carbocycles. The lowest BCUT2D eigenvalue weighted by atomic mass is 10.0. The van der Waals surface area contributed by atoms with Crippen LogP contribution in [0.3, 0.4) is 0 Å². The number of nitrogens with zero attached hydrogens (tertiary/aromatic N) is 2. The normalized spacial score (nSPS) is 16.2. The van der Waals surface area contributed by atoms with Crippen LogP contribution in [0.5, 0.6) is 0 Å². The lowest BCUT2D eigenvalue weighted by Crippen LogP contribution is -2.39. The second-order valence-corrected chi connectivity index (χ2v) is 6.60. The average Bonchev–Trinajstić information content (AvgIpc) is 3.16. The van der Waals surface area contributed by atoms with Gasteiger partial charge in [-0.25, -0.2) is 0 Å². The lowest BCUT2D eigenvalue weighted by molar-refractivity contribution is -0.385. The average molecular weight is 367 g/mol. The third-order valence-electron chi connectivity index (χ3n) is 4.83. The van der Waals surface area contributed by atoms with E-state index < -0.39 is 10.8 Å². The molecule has 140 valence electrons. The molecule has 1 atom stereocenters. The summed E-state index contributed by atoms with van der Waals surface area (Å²) in [5, 5.41) is 13.6. The molecule has 3 rings (SSSR count). The van der Waals surface area contributed by atoms with Crippen molar-refractivity contribution in [2.24, 2.45) is 0 Å². The number of likely N-dealkylation sites (tertiary alicyclic amines) is 1. The first kappa shape index (κ1) is 18.6. The van der Waals surface area contributed by atoms with Gasteiger partial charge in [0.15, 0.2) is 0 Å². The van der Waals surface area contributed by atoms with Gasteiger partial charge in [-0.05, 0) is 31.4 Å². The van der Waals surface area contributed by atoms with E-state index in [9.17, 15) is 19.7 Å². The SMILES string of the molecule is Cc1ccc(C(=O)NCC(=O)N2CCCC2c2ccccc2)cc1[N+](=O)[O-]. The predicted octanol–water partition coefficient (Wildman–Crippen LogP) is 3.00. The molecular formula is C20H21N3O4. The number of benzene rings is 2. The Morgan fingerprint density at radius 2 is 1.96 bits per heavy atom. The zero-order valence-corrected chi connectivity index (χ0v) is 15.1. The Morgan fingerprint density at radius 3 is 2.67 bits per heavy atom. The number of hydrogen-bond acceptors (Lipinski definition) is 4. The molecule has 1 aliphatic heterocycles. The molecule has 2 aromatic carbocycles. The van der Waals surface area contributed by atoms with Crippen LogP contribution >= 0.6 is 0 Å². The fraction of sp³-hybridized carbons (Fsp3) is 0.300. The van der Waals surface area contributed by atoms with Crippen LogP contribution in [0.25, 0.3) is 0 Å². The zero-order valence-electron chi connectivity index (χ0n) is 15.1. The highest BCUT2D eigenvalue weighted by molar-refractivity contribution is 5.97. The van der Waals surface area contributed by atoms with Gasteiger partial charge in [0.25, 0.3) is 11.6 Å². The number of rotatable bonds is 5. The van der Waals surface area contributed by atoms with Gasteiger partial charge in [-0.2, -0.15) is 0 Å². The maximum Gasteiger partial charge on any atom is 0.273 e. The largest absolute Gasteiger partial charge is 0.343 e. The molecule has 2 amide bonds. The highest BCUT2D eigenvalue weighted by atomic mass is 16.6. The minimum Gasteiger partial charge on any atom is -0.343 e. The number of aryl methyl sites for hydroxylation is 1. The second kappa shape index (κ2) is 7.99. The molecule has 1 unspecified atom stereocenters. The van der Waals surface area contributed by atoms with E-state index in [2.05, 4.69) is 5.32 Å². The van der Waals surface area contributed by atoms with E-state index in [1.807, 2.05) is 30.3 Å². The molecule has 1 heterocycles. The molecule has 27 heavy (non-hydrogen) atoms. The van der Waals surface area contributed by atoms with E-state index in [1.165, 1.54) is 18.2 Å². The summed E-state index contributed by atoms with van der Waals surface area (Å²) in [4.78, 5) is 37.2. The van der Waals surface area contributed by atoms with Gasteiger partial charge < -0.3 is 10.2 Å². The van der Waals surface area contributed by atoms with E-state index >= 15 is 0 Å². The van der Waals surface area contributed by atoms with Crippen LogP contribution < -0.4 is 5.32 Å². The Morgan fingerprint density at radius 1 is 1.22 bits per heavy atom. The molecule has 7 nitrogen and oxygen atoms in total. The number of carbonyl (C=O) groups is 2. The van der Waals surface area contributed by atoms with Crippen LogP contribution in [-0.2, 0) is 4.79 Å². The molecule has 1 fully saturated rings. The molecular weight excluding hydrogens is 346 g/mol. The van der Waals surface area contributed by atoms with Crippen molar-refractivity contribution in [3.05, 3.63) is 75.3 Å². The summed E-state index contributed by atoms with van der Waals surface area (Å²) in [7, 11) is 0. The summed E-state index contributed by atoms with van der Waals surface area (Å²) < 4.78 is 0. The highest BCUT2D eigenvalue weighted by Gasteiger charge is 2.29. The van der Waals surface area contributed by atoms with Crippen molar-refractivity contribution in [3.63, 3.8) is 0 Å². The molecule has 7 heteroatoms. The van der Waals surface area contributed by atoms with Crippen molar-refractivity contribution in [2.75, 3.05) is 13.1 Å². The fourth-order valence-corrected chi connectivity index (χ4v) is 3.39. The van der Waals surface area contributed by atoms with E-state index in [0.29, 0.717) is 12.1 Å². The summed E-state index contributed by atoms with van der Waals surface area (Å²) in [5.74, 6) is -0.654. The lowest BCUT2D eigenvalue weighted by Gasteiger charge is -2.25. The van der Waals surface area contributed by atoms with E-state index in [1.54, 1.807) is 11.8 Å². The third-order valence-corrected chi connectivity index (χ3v) is 4.83. The Bertz CT molecular complexity index is 867. The maximum absolute atomic E-state index is 12.6. The van der Waals surface area contributed by atoms with E-state index in [-0.39, 0.29) is 29.7 Å². The first-order valence-corrected chi connectivity index (χ1v) is 8.85. The summed E-state index contributed by atoms with van der Waals surface area (Å²) in [6, 6.07) is 14.1. The van der Waals surface area contributed by atoms with Crippen molar-refractivity contribution >= 4 is 17.5 Å². The van der Waals surface area contributed by atoms with Gasteiger partial charge in [-0.1, -0.05) is 36.4 Å². The molecule has 0 radical (unpaired) electrons. The minimum atomic E-state index is -0.522. The maximum atomic E-state index is 12.6. The molecule has 0 aromatic heterocycles. The zero-order chi connectivity index (χ0) is 19.4. The summed E-state index contributed by atoms with van der Waals surface area (Å²) in [6.07, 6.45) is 1.82. The van der Waals surface area contributed by atoms with Crippen LogP contribution in [0, 0.1) is 17.0 Å². The topological polar surface area (TPSA) is 92.6 Å². The summed E-state index contributed by atoms with van der Waals surface area (Å²) in [5.41, 5.74) is 1.62. The molecule has 0 aliphatic carbocycles. The molecule has 1 aliphatic rings. The smallest absolute Gasteiger partial charge is 0.273 e. The van der Waals surface area contributed by atoms with Gasteiger partial charge in [0.05, 0.1) is 17.5 Å². The highest BCUT2D eigenvalue weighted by Crippen LogP contribution is 2.31. The monoisotopic (exact) mass is 367 g/mol. The Kier molecular flexibility index (Phi) is 5.49. The minimum absolute atomic E-state index is 0.0241. The molecule has 1 saturated heterocycles. The molecule has 0 bridgehead atoms. The number of hydrogen-bond donors (Lipinski definition) is 1. The van der Waals surface area contributed by atoms with Crippen LogP contribution in [0.2, 0.25) is 0 Å². The van der Waals surface area contributed by atoms with Crippen molar-refractivity contribution in [3.8, 4) is 0 Å². The quantitative estimate of drug-likeness (QED) is 0.649. The molecule has 0 spiro atoms. The van der Waals surface area contributed by atoms with Crippen LogP contribution in [0.4, 0.5) is 5.69 Å². The van der Waals surface area contributed by atoms with Crippen LogP contribution in [0.15, 0.2) is 48.5 Å². The van der Waals surface area contributed by atoms with Gasteiger partial charge in [-0.3, -0.25) is 19.7 Å². The van der Waals surface area contributed by atoms with Gasteiger partial charge >= 0.3 is 0 Å². The van der Waals surface area contributed by atoms with Crippen molar-refractivity contribution in [1.29, 1.82) is 0 Å². The van der Waals surface area contributed by atoms with Crippen LogP contribution in [0.1, 0.15) is 40.4 Å². The second-order valence-electron chi connectivity index (χ2n) is 6.60. The Balaban J connectivity index is 1.64.